The lowest BCUT2D eigenvalue weighted by Crippen LogP contribution is -2.50. The number of ether oxygens (including phenoxy) is 1. The lowest BCUT2D eigenvalue weighted by Gasteiger charge is -2.39. The van der Waals surface area contributed by atoms with Crippen LogP contribution in [0.5, 0.6) is 5.75 Å². The number of para-hydroxylation sites is 1. The van der Waals surface area contributed by atoms with E-state index in [4.69, 9.17) is 10.5 Å². The van der Waals surface area contributed by atoms with Crippen LogP contribution in [0.2, 0.25) is 0 Å². The largest absolute Gasteiger partial charge is 0.492 e. The number of nitrogens with zero attached hydrogens (tertiary/aromatic N) is 2. The average molecular weight is 353 g/mol. The lowest BCUT2D eigenvalue weighted by atomic mass is 10.0. The molecule has 1 atom stereocenters. The molecule has 0 bridgehead atoms. The third-order valence-electron chi connectivity index (χ3n) is 4.80. The first-order chi connectivity index (χ1) is 12.8. The van der Waals surface area contributed by atoms with Crippen LogP contribution >= 0.6 is 0 Å². The predicted molar refractivity (Wildman–Crippen MR) is 103 cm³/mol. The van der Waals surface area contributed by atoms with E-state index < -0.39 is 0 Å². The number of amides is 1. The zero-order valence-electron chi connectivity index (χ0n) is 15.1. The molecule has 0 aliphatic carbocycles. The molecule has 0 radical (unpaired) electrons. The summed E-state index contributed by atoms with van der Waals surface area (Å²) in [4.78, 5) is 16.4. The highest BCUT2D eigenvalue weighted by molar-refractivity contribution is 5.76. The van der Waals surface area contributed by atoms with Crippen molar-refractivity contribution in [2.24, 2.45) is 5.73 Å². The highest BCUT2D eigenvalue weighted by Gasteiger charge is 2.27. The molecule has 1 heterocycles. The molecular formula is C21H27N3O2. The van der Waals surface area contributed by atoms with Gasteiger partial charge in [0.15, 0.2) is 0 Å². The Hall–Kier alpha value is -2.37. The quantitative estimate of drug-likeness (QED) is 0.830. The average Bonchev–Trinajstić information content (AvgIpc) is 2.70. The van der Waals surface area contributed by atoms with Crippen LogP contribution in [0.1, 0.15) is 18.0 Å². The minimum Gasteiger partial charge on any atom is -0.492 e. The van der Waals surface area contributed by atoms with Crippen LogP contribution < -0.4 is 10.5 Å². The van der Waals surface area contributed by atoms with E-state index in [1.54, 1.807) is 0 Å². The van der Waals surface area contributed by atoms with E-state index in [9.17, 15) is 4.79 Å². The summed E-state index contributed by atoms with van der Waals surface area (Å²) in [5.41, 5.74) is 6.75. The summed E-state index contributed by atoms with van der Waals surface area (Å²) in [5, 5.41) is 0. The summed E-state index contributed by atoms with van der Waals surface area (Å²) in [7, 11) is 0. The fourth-order valence-electron chi connectivity index (χ4n) is 3.34. The predicted octanol–water partition coefficient (Wildman–Crippen LogP) is 2.30. The van der Waals surface area contributed by atoms with Crippen LogP contribution in [-0.4, -0.2) is 55.0 Å². The van der Waals surface area contributed by atoms with Crippen LogP contribution in [0.4, 0.5) is 0 Å². The van der Waals surface area contributed by atoms with Crippen molar-refractivity contribution in [1.29, 1.82) is 0 Å². The molecule has 5 heteroatoms. The fourth-order valence-corrected chi connectivity index (χ4v) is 3.34. The van der Waals surface area contributed by atoms with Crippen molar-refractivity contribution in [1.82, 2.24) is 9.80 Å². The Morgan fingerprint density at radius 1 is 0.962 bits per heavy atom. The van der Waals surface area contributed by atoms with E-state index in [2.05, 4.69) is 29.2 Å². The number of carbonyl (C=O) groups is 1. The van der Waals surface area contributed by atoms with Crippen molar-refractivity contribution in [3.05, 3.63) is 66.2 Å². The van der Waals surface area contributed by atoms with Crippen molar-refractivity contribution in [3.8, 4) is 5.75 Å². The Morgan fingerprint density at radius 3 is 2.19 bits per heavy atom. The molecule has 1 fully saturated rings. The molecule has 0 spiro atoms. The van der Waals surface area contributed by atoms with Crippen molar-refractivity contribution < 1.29 is 9.53 Å². The summed E-state index contributed by atoms with van der Waals surface area (Å²) in [6, 6.07) is 20.5. The zero-order valence-corrected chi connectivity index (χ0v) is 15.1. The van der Waals surface area contributed by atoms with Gasteiger partial charge in [0, 0.05) is 39.1 Å². The van der Waals surface area contributed by atoms with Gasteiger partial charge in [-0.3, -0.25) is 9.69 Å². The molecule has 2 aromatic carbocycles. The highest BCUT2D eigenvalue weighted by atomic mass is 16.5. The number of rotatable bonds is 7. The first kappa shape index (κ1) is 18.4. The van der Waals surface area contributed by atoms with Crippen LogP contribution in [-0.2, 0) is 4.79 Å². The van der Waals surface area contributed by atoms with Crippen molar-refractivity contribution in [2.45, 2.75) is 12.5 Å². The fraction of sp³-hybridized carbons (Fsp3) is 0.381. The molecule has 1 amide bonds. The molecule has 1 unspecified atom stereocenters. The van der Waals surface area contributed by atoms with Crippen LogP contribution in [0.25, 0.3) is 0 Å². The number of piperazine rings is 1. The van der Waals surface area contributed by atoms with E-state index in [-0.39, 0.29) is 11.9 Å². The lowest BCUT2D eigenvalue weighted by molar-refractivity contribution is -0.133. The van der Waals surface area contributed by atoms with Gasteiger partial charge in [-0.05, 0) is 17.7 Å². The van der Waals surface area contributed by atoms with Gasteiger partial charge in [-0.25, -0.2) is 0 Å². The number of benzene rings is 2. The van der Waals surface area contributed by atoms with E-state index >= 15 is 0 Å². The molecule has 2 aromatic rings. The normalized spacial score (nSPS) is 16.3. The highest BCUT2D eigenvalue weighted by Crippen LogP contribution is 2.24. The van der Waals surface area contributed by atoms with Crippen LogP contribution in [0.15, 0.2) is 60.7 Å². The van der Waals surface area contributed by atoms with E-state index in [1.165, 1.54) is 5.56 Å². The van der Waals surface area contributed by atoms with Gasteiger partial charge in [0.25, 0.3) is 0 Å². The third-order valence-corrected chi connectivity index (χ3v) is 4.80. The zero-order chi connectivity index (χ0) is 18.2. The van der Waals surface area contributed by atoms with Gasteiger partial charge in [0.1, 0.15) is 12.4 Å². The summed E-state index contributed by atoms with van der Waals surface area (Å²) < 4.78 is 6.05. The molecule has 0 aromatic heterocycles. The molecular weight excluding hydrogens is 326 g/mol. The Bertz CT molecular complexity index is 670. The van der Waals surface area contributed by atoms with E-state index in [0.717, 1.165) is 31.9 Å². The molecule has 26 heavy (non-hydrogen) atoms. The van der Waals surface area contributed by atoms with Crippen LogP contribution in [0.3, 0.4) is 0 Å². The van der Waals surface area contributed by atoms with Gasteiger partial charge in [0.05, 0.1) is 6.04 Å². The second-order valence-corrected chi connectivity index (χ2v) is 6.51. The number of carbonyl (C=O) groups excluding carboxylic acids is 1. The molecule has 1 aliphatic heterocycles. The first-order valence-corrected chi connectivity index (χ1v) is 9.22. The van der Waals surface area contributed by atoms with Gasteiger partial charge >= 0.3 is 0 Å². The van der Waals surface area contributed by atoms with Crippen LogP contribution in [0, 0.1) is 0 Å². The maximum absolute atomic E-state index is 12.1. The van der Waals surface area contributed by atoms with Gasteiger partial charge in [0.2, 0.25) is 5.91 Å². The molecule has 2 N–H and O–H groups in total. The SMILES string of the molecule is NCCC(=O)N1CCN(C(COc2ccccc2)c2ccccc2)CC1. The molecule has 5 nitrogen and oxygen atoms in total. The summed E-state index contributed by atoms with van der Waals surface area (Å²) in [5.74, 6) is 1.04. The standard InChI is InChI=1S/C21H27N3O2/c22-12-11-21(25)24-15-13-23(14-16-24)20(18-7-3-1-4-8-18)17-26-19-9-5-2-6-10-19/h1-10,20H,11-17,22H2. The summed E-state index contributed by atoms with van der Waals surface area (Å²) in [6.45, 7) is 4.17. The smallest absolute Gasteiger partial charge is 0.223 e. The maximum atomic E-state index is 12.1. The van der Waals surface area contributed by atoms with Crippen molar-refractivity contribution in [3.63, 3.8) is 0 Å². The topological polar surface area (TPSA) is 58.8 Å². The number of hydrogen-bond donors (Lipinski definition) is 1. The van der Waals surface area contributed by atoms with Gasteiger partial charge in [-0.15, -0.1) is 0 Å². The second kappa shape index (κ2) is 9.36. The monoisotopic (exact) mass is 353 g/mol. The minimum atomic E-state index is 0.156. The molecule has 0 saturated carbocycles. The first-order valence-electron chi connectivity index (χ1n) is 9.22. The van der Waals surface area contributed by atoms with Crippen molar-refractivity contribution in [2.75, 3.05) is 39.3 Å². The Morgan fingerprint density at radius 2 is 1.58 bits per heavy atom. The van der Waals surface area contributed by atoms with E-state index in [1.807, 2.05) is 41.3 Å². The van der Waals surface area contributed by atoms with Gasteiger partial charge in [-0.2, -0.15) is 0 Å². The van der Waals surface area contributed by atoms with Gasteiger partial charge in [-0.1, -0.05) is 48.5 Å². The minimum absolute atomic E-state index is 0.156. The van der Waals surface area contributed by atoms with Crippen molar-refractivity contribution >= 4 is 5.91 Å². The Kier molecular flexibility index (Phi) is 6.63. The summed E-state index contributed by atoms with van der Waals surface area (Å²) in [6.07, 6.45) is 0.430. The molecule has 3 rings (SSSR count). The number of hydrogen-bond acceptors (Lipinski definition) is 4. The second-order valence-electron chi connectivity index (χ2n) is 6.51. The van der Waals surface area contributed by atoms with E-state index in [0.29, 0.717) is 19.6 Å². The maximum Gasteiger partial charge on any atom is 0.223 e. The Labute approximate surface area is 155 Å². The third kappa shape index (κ3) is 4.84. The van der Waals surface area contributed by atoms with Gasteiger partial charge < -0.3 is 15.4 Å². The molecule has 1 saturated heterocycles. The number of nitrogens with two attached hydrogens (primary N) is 1. The Balaban J connectivity index is 1.65. The molecule has 1 aliphatic rings. The molecule has 138 valence electrons. The summed E-state index contributed by atoms with van der Waals surface area (Å²) >= 11 is 0.